The Kier molecular flexibility index (Phi) is 6.01. The summed E-state index contributed by atoms with van der Waals surface area (Å²) in [6.45, 7) is 7.76. The van der Waals surface area contributed by atoms with Crippen molar-refractivity contribution in [2.24, 2.45) is 0 Å². The molecular formula is C13H21N3OS. The molecule has 0 aromatic heterocycles. The molecule has 0 saturated heterocycles. The third-order valence-corrected chi connectivity index (χ3v) is 3.23. The number of carbonyl (C=O) groups is 1. The molecule has 0 unspecified atom stereocenters. The molecule has 0 saturated carbocycles. The molecular weight excluding hydrogens is 246 g/mol. The molecule has 18 heavy (non-hydrogen) atoms. The van der Waals surface area contributed by atoms with E-state index in [1.54, 1.807) is 11.9 Å². The van der Waals surface area contributed by atoms with E-state index in [-0.39, 0.29) is 5.54 Å². The summed E-state index contributed by atoms with van der Waals surface area (Å²) in [5.41, 5.74) is 1.16. The summed E-state index contributed by atoms with van der Waals surface area (Å²) in [6.07, 6.45) is 0.708. The number of benzene rings is 1. The Morgan fingerprint density at radius 3 is 2.39 bits per heavy atom. The Hall–Kier alpha value is -1.20. The smallest absolute Gasteiger partial charge is 0.207 e. The average Bonchev–Trinajstić information content (AvgIpc) is 2.33. The van der Waals surface area contributed by atoms with Crippen LogP contribution in [0.2, 0.25) is 0 Å². The SMILES string of the molecule is CC(C)(C)NSc1ccc(NCCNC=O)cc1. The fraction of sp³-hybridized carbons (Fsp3) is 0.462. The van der Waals surface area contributed by atoms with Crippen LogP contribution < -0.4 is 15.4 Å². The van der Waals surface area contributed by atoms with Gasteiger partial charge in [0.2, 0.25) is 6.41 Å². The van der Waals surface area contributed by atoms with Crippen molar-refractivity contribution in [1.29, 1.82) is 0 Å². The van der Waals surface area contributed by atoms with Gasteiger partial charge in [0.1, 0.15) is 0 Å². The first-order chi connectivity index (χ1) is 8.51. The Bertz CT molecular complexity index is 359. The van der Waals surface area contributed by atoms with Crippen LogP contribution >= 0.6 is 11.9 Å². The van der Waals surface area contributed by atoms with Gasteiger partial charge in [0.05, 0.1) is 0 Å². The number of hydrogen-bond acceptors (Lipinski definition) is 4. The van der Waals surface area contributed by atoms with Gasteiger partial charge in [-0.05, 0) is 57.0 Å². The van der Waals surface area contributed by atoms with Gasteiger partial charge in [-0.3, -0.25) is 9.52 Å². The lowest BCUT2D eigenvalue weighted by Gasteiger charge is -2.19. The predicted molar refractivity (Wildman–Crippen MR) is 77.7 cm³/mol. The van der Waals surface area contributed by atoms with Crippen LogP contribution in [0, 0.1) is 0 Å². The monoisotopic (exact) mass is 267 g/mol. The Morgan fingerprint density at radius 1 is 1.17 bits per heavy atom. The zero-order chi connectivity index (χ0) is 13.4. The van der Waals surface area contributed by atoms with E-state index in [1.807, 2.05) is 12.1 Å². The van der Waals surface area contributed by atoms with Crippen LogP contribution in [0.4, 0.5) is 5.69 Å². The topological polar surface area (TPSA) is 53.2 Å². The highest BCUT2D eigenvalue weighted by atomic mass is 32.2. The first kappa shape index (κ1) is 14.9. The summed E-state index contributed by atoms with van der Waals surface area (Å²) in [7, 11) is 0. The minimum Gasteiger partial charge on any atom is -0.383 e. The molecule has 0 radical (unpaired) electrons. The third-order valence-electron chi connectivity index (χ3n) is 2.01. The molecule has 0 aliphatic rings. The lowest BCUT2D eigenvalue weighted by molar-refractivity contribution is -0.109. The van der Waals surface area contributed by atoms with E-state index >= 15 is 0 Å². The van der Waals surface area contributed by atoms with Crippen molar-refractivity contribution >= 4 is 24.0 Å². The van der Waals surface area contributed by atoms with Crippen molar-refractivity contribution in [1.82, 2.24) is 10.0 Å². The molecule has 0 bridgehead atoms. The molecule has 1 aromatic rings. The van der Waals surface area contributed by atoms with Crippen molar-refractivity contribution in [3.8, 4) is 0 Å². The van der Waals surface area contributed by atoms with Gasteiger partial charge in [-0.15, -0.1) is 0 Å². The van der Waals surface area contributed by atoms with Gasteiger partial charge in [-0.1, -0.05) is 0 Å². The summed E-state index contributed by atoms with van der Waals surface area (Å²) in [6, 6.07) is 8.21. The summed E-state index contributed by atoms with van der Waals surface area (Å²) < 4.78 is 3.36. The fourth-order valence-electron chi connectivity index (χ4n) is 1.19. The Labute approximate surface area is 113 Å². The van der Waals surface area contributed by atoms with Crippen LogP contribution in [-0.2, 0) is 4.79 Å². The van der Waals surface area contributed by atoms with Crippen molar-refractivity contribution in [3.05, 3.63) is 24.3 Å². The minimum atomic E-state index is 0.0993. The molecule has 0 atom stereocenters. The molecule has 4 nitrogen and oxygen atoms in total. The van der Waals surface area contributed by atoms with Gasteiger partial charge in [0, 0.05) is 29.2 Å². The molecule has 1 amide bonds. The van der Waals surface area contributed by atoms with Crippen molar-refractivity contribution in [2.75, 3.05) is 18.4 Å². The molecule has 0 aliphatic carbocycles. The van der Waals surface area contributed by atoms with Crippen LogP contribution in [-0.4, -0.2) is 25.0 Å². The highest BCUT2D eigenvalue weighted by Crippen LogP contribution is 2.20. The van der Waals surface area contributed by atoms with Crippen molar-refractivity contribution in [2.45, 2.75) is 31.2 Å². The third kappa shape index (κ3) is 6.51. The Balaban J connectivity index is 2.35. The maximum atomic E-state index is 10.1. The van der Waals surface area contributed by atoms with E-state index in [4.69, 9.17) is 0 Å². The molecule has 3 N–H and O–H groups in total. The maximum Gasteiger partial charge on any atom is 0.207 e. The van der Waals surface area contributed by atoms with E-state index in [2.05, 4.69) is 48.3 Å². The second-order valence-electron chi connectivity index (χ2n) is 4.98. The van der Waals surface area contributed by atoms with E-state index < -0.39 is 0 Å². The van der Waals surface area contributed by atoms with Gasteiger partial charge in [-0.2, -0.15) is 0 Å². The minimum absolute atomic E-state index is 0.0993. The largest absolute Gasteiger partial charge is 0.383 e. The van der Waals surface area contributed by atoms with Crippen LogP contribution in [0.3, 0.4) is 0 Å². The Morgan fingerprint density at radius 2 is 1.83 bits per heavy atom. The zero-order valence-corrected chi connectivity index (χ0v) is 11.9. The van der Waals surface area contributed by atoms with Gasteiger partial charge >= 0.3 is 0 Å². The van der Waals surface area contributed by atoms with Gasteiger partial charge < -0.3 is 10.6 Å². The lowest BCUT2D eigenvalue weighted by Crippen LogP contribution is -2.29. The first-order valence-corrected chi connectivity index (χ1v) is 6.78. The fourth-order valence-corrected chi connectivity index (χ4v) is 1.89. The second-order valence-corrected chi connectivity index (χ2v) is 5.86. The van der Waals surface area contributed by atoms with E-state index in [9.17, 15) is 4.79 Å². The molecule has 1 rings (SSSR count). The predicted octanol–water partition coefficient (Wildman–Crippen LogP) is 2.24. The molecule has 0 fully saturated rings. The summed E-state index contributed by atoms with van der Waals surface area (Å²) >= 11 is 1.63. The number of anilines is 1. The number of hydrogen-bond donors (Lipinski definition) is 3. The molecule has 0 spiro atoms. The maximum absolute atomic E-state index is 10.1. The van der Waals surface area contributed by atoms with Gasteiger partial charge in [-0.25, -0.2) is 0 Å². The molecule has 100 valence electrons. The normalized spacial score (nSPS) is 11.1. The first-order valence-electron chi connectivity index (χ1n) is 5.96. The molecule has 5 heteroatoms. The van der Waals surface area contributed by atoms with Crippen LogP contribution in [0.15, 0.2) is 29.2 Å². The van der Waals surface area contributed by atoms with Gasteiger partial charge in [0.25, 0.3) is 0 Å². The van der Waals surface area contributed by atoms with Gasteiger partial charge in [0.15, 0.2) is 0 Å². The van der Waals surface area contributed by atoms with E-state index in [1.165, 1.54) is 4.90 Å². The van der Waals surface area contributed by atoms with E-state index in [0.29, 0.717) is 13.0 Å². The van der Waals surface area contributed by atoms with Crippen LogP contribution in [0.1, 0.15) is 20.8 Å². The number of nitrogens with one attached hydrogen (secondary N) is 3. The van der Waals surface area contributed by atoms with Crippen molar-refractivity contribution < 1.29 is 4.79 Å². The quantitative estimate of drug-likeness (QED) is 0.403. The highest BCUT2D eigenvalue weighted by Gasteiger charge is 2.08. The highest BCUT2D eigenvalue weighted by molar-refractivity contribution is 7.97. The second kappa shape index (κ2) is 7.28. The summed E-state index contributed by atoms with van der Waals surface area (Å²) in [5.74, 6) is 0. The number of rotatable bonds is 7. The summed E-state index contributed by atoms with van der Waals surface area (Å²) in [4.78, 5) is 11.2. The standard InChI is InChI=1S/C13H21N3OS/c1-13(2,3)16-18-12-6-4-11(5-7-12)15-9-8-14-10-17/h4-7,10,15-16H,8-9H2,1-3H3,(H,14,17). The number of amides is 1. The molecule has 0 aliphatic heterocycles. The van der Waals surface area contributed by atoms with Crippen molar-refractivity contribution in [3.63, 3.8) is 0 Å². The summed E-state index contributed by atoms with van der Waals surface area (Å²) in [5, 5.41) is 5.84. The van der Waals surface area contributed by atoms with Crippen LogP contribution in [0.5, 0.6) is 0 Å². The number of carbonyl (C=O) groups excluding carboxylic acids is 1. The van der Waals surface area contributed by atoms with Crippen LogP contribution in [0.25, 0.3) is 0 Å². The van der Waals surface area contributed by atoms with E-state index in [0.717, 1.165) is 12.2 Å². The lowest BCUT2D eigenvalue weighted by atomic mass is 10.1. The molecule has 1 aromatic carbocycles. The average molecular weight is 267 g/mol. The molecule has 0 heterocycles. The zero-order valence-electron chi connectivity index (χ0n) is 11.1.